The maximum atomic E-state index is 9.55. The lowest BCUT2D eigenvalue weighted by molar-refractivity contribution is -0.916. The summed E-state index contributed by atoms with van der Waals surface area (Å²) < 4.78 is 0.674. The maximum Gasteiger partial charge on any atom is 0.200 e. The van der Waals surface area contributed by atoms with Crippen LogP contribution in [-0.4, -0.2) is 33.9 Å². The molecule has 4 nitrogen and oxygen atoms in total. The quantitative estimate of drug-likeness (QED) is 0.593. The molecule has 0 aliphatic rings. The Labute approximate surface area is 118 Å². The lowest BCUT2D eigenvalue weighted by Crippen LogP contribution is -2.37. The van der Waals surface area contributed by atoms with Crippen molar-refractivity contribution in [2.24, 2.45) is 0 Å². The molecule has 0 unspecified atom stereocenters. The minimum absolute atomic E-state index is 0.292. The Balaban J connectivity index is 2.16. The van der Waals surface area contributed by atoms with E-state index in [1.807, 2.05) is 18.2 Å². The van der Waals surface area contributed by atoms with Crippen LogP contribution in [0.2, 0.25) is 0 Å². The summed E-state index contributed by atoms with van der Waals surface area (Å²) >= 11 is 0. The standard InChI is InChI=1S/C16H19NO3/c1-17(2,10-12-6-4-3-5-7-12)11-13-8-14(18)16(20)15(19)9-13/h3-9H,10-11H2,1-2H3,(H2-,18,19,20)/p+1. The predicted molar refractivity (Wildman–Crippen MR) is 77.4 cm³/mol. The van der Waals surface area contributed by atoms with E-state index in [9.17, 15) is 15.3 Å². The Morgan fingerprint density at radius 3 is 1.85 bits per heavy atom. The minimum atomic E-state index is -0.470. The van der Waals surface area contributed by atoms with Crippen molar-refractivity contribution in [2.45, 2.75) is 13.1 Å². The third kappa shape index (κ3) is 3.42. The molecule has 2 rings (SSSR count). The van der Waals surface area contributed by atoms with Gasteiger partial charge in [-0.2, -0.15) is 0 Å². The van der Waals surface area contributed by atoms with Crippen LogP contribution in [0.4, 0.5) is 0 Å². The summed E-state index contributed by atoms with van der Waals surface area (Å²) in [4.78, 5) is 0. The molecule has 0 saturated carbocycles. The van der Waals surface area contributed by atoms with Crippen molar-refractivity contribution in [3.05, 3.63) is 53.6 Å². The van der Waals surface area contributed by atoms with Gasteiger partial charge in [-0.25, -0.2) is 0 Å². The van der Waals surface area contributed by atoms with Crippen LogP contribution in [0.3, 0.4) is 0 Å². The first-order valence-corrected chi connectivity index (χ1v) is 6.47. The van der Waals surface area contributed by atoms with E-state index in [-0.39, 0.29) is 11.5 Å². The molecule has 0 atom stereocenters. The zero-order chi connectivity index (χ0) is 14.8. The average Bonchev–Trinajstić information content (AvgIpc) is 2.36. The summed E-state index contributed by atoms with van der Waals surface area (Å²) in [6, 6.07) is 13.1. The molecule has 2 aromatic carbocycles. The monoisotopic (exact) mass is 274 g/mol. The van der Waals surface area contributed by atoms with Gasteiger partial charge in [0.1, 0.15) is 13.1 Å². The van der Waals surface area contributed by atoms with Gasteiger partial charge in [-0.1, -0.05) is 30.3 Å². The number of rotatable bonds is 4. The van der Waals surface area contributed by atoms with Gasteiger partial charge in [-0.05, 0) is 12.1 Å². The molecule has 0 amide bonds. The highest BCUT2D eigenvalue weighted by Gasteiger charge is 2.19. The van der Waals surface area contributed by atoms with E-state index < -0.39 is 5.75 Å². The highest BCUT2D eigenvalue weighted by Crippen LogP contribution is 2.36. The Kier molecular flexibility index (Phi) is 3.86. The third-order valence-corrected chi connectivity index (χ3v) is 3.19. The van der Waals surface area contributed by atoms with Gasteiger partial charge in [-0.3, -0.25) is 0 Å². The van der Waals surface area contributed by atoms with Crippen molar-refractivity contribution < 1.29 is 19.8 Å². The van der Waals surface area contributed by atoms with E-state index in [0.717, 1.165) is 12.1 Å². The third-order valence-electron chi connectivity index (χ3n) is 3.19. The molecule has 4 heteroatoms. The van der Waals surface area contributed by atoms with Gasteiger partial charge in [0.25, 0.3) is 0 Å². The van der Waals surface area contributed by atoms with Crippen LogP contribution in [0.25, 0.3) is 0 Å². The smallest absolute Gasteiger partial charge is 0.200 e. The van der Waals surface area contributed by atoms with E-state index in [0.29, 0.717) is 11.0 Å². The molecule has 0 bridgehead atoms. The number of benzene rings is 2. The van der Waals surface area contributed by atoms with E-state index >= 15 is 0 Å². The number of nitrogens with zero attached hydrogens (tertiary/aromatic N) is 1. The summed E-state index contributed by atoms with van der Waals surface area (Å²) in [5, 5.41) is 28.5. The summed E-state index contributed by atoms with van der Waals surface area (Å²) in [5.74, 6) is -1.05. The first-order valence-electron chi connectivity index (χ1n) is 6.47. The van der Waals surface area contributed by atoms with Crippen LogP contribution >= 0.6 is 0 Å². The zero-order valence-corrected chi connectivity index (χ0v) is 11.7. The molecule has 0 aliphatic heterocycles. The summed E-state index contributed by atoms with van der Waals surface area (Å²) in [5.41, 5.74) is 2.00. The molecule has 3 N–H and O–H groups in total. The van der Waals surface area contributed by atoms with E-state index in [1.165, 1.54) is 17.7 Å². The summed E-state index contributed by atoms with van der Waals surface area (Å²) in [6.07, 6.45) is 0. The van der Waals surface area contributed by atoms with Gasteiger partial charge in [0.05, 0.1) is 14.1 Å². The number of hydrogen-bond acceptors (Lipinski definition) is 3. The largest absolute Gasteiger partial charge is 0.504 e. The first kappa shape index (κ1) is 14.2. The van der Waals surface area contributed by atoms with Crippen molar-refractivity contribution >= 4 is 0 Å². The zero-order valence-electron chi connectivity index (χ0n) is 11.7. The van der Waals surface area contributed by atoms with Crippen molar-refractivity contribution in [1.29, 1.82) is 0 Å². The molecular weight excluding hydrogens is 254 g/mol. The first-order chi connectivity index (χ1) is 9.37. The molecule has 0 heterocycles. The number of quaternary nitrogens is 1. The van der Waals surface area contributed by atoms with Crippen molar-refractivity contribution in [2.75, 3.05) is 14.1 Å². The number of phenolic OH excluding ortho intramolecular Hbond substituents is 3. The predicted octanol–water partition coefficient (Wildman–Crippen LogP) is 2.58. The highest BCUT2D eigenvalue weighted by molar-refractivity contribution is 5.50. The van der Waals surface area contributed by atoms with Crippen LogP contribution in [0, 0.1) is 0 Å². The highest BCUT2D eigenvalue weighted by atomic mass is 16.3. The Hall–Kier alpha value is -2.20. The molecule has 0 saturated heterocycles. The van der Waals surface area contributed by atoms with Crippen molar-refractivity contribution in [3.8, 4) is 17.2 Å². The Bertz CT molecular complexity index is 571. The van der Waals surface area contributed by atoms with Gasteiger partial charge in [-0.15, -0.1) is 0 Å². The normalized spacial score (nSPS) is 11.5. The molecular formula is C16H20NO3+. The Morgan fingerprint density at radius 2 is 1.30 bits per heavy atom. The van der Waals surface area contributed by atoms with Crippen LogP contribution in [0.5, 0.6) is 17.2 Å². The molecule has 0 radical (unpaired) electrons. The van der Waals surface area contributed by atoms with Gasteiger partial charge in [0.15, 0.2) is 17.2 Å². The number of phenols is 3. The molecule has 0 fully saturated rings. The number of hydrogen-bond donors (Lipinski definition) is 3. The van der Waals surface area contributed by atoms with Gasteiger partial charge < -0.3 is 19.8 Å². The van der Waals surface area contributed by atoms with Crippen LogP contribution in [-0.2, 0) is 13.1 Å². The second-order valence-corrected chi connectivity index (χ2v) is 5.72. The lowest BCUT2D eigenvalue weighted by Gasteiger charge is -2.30. The van der Waals surface area contributed by atoms with Crippen LogP contribution in [0.1, 0.15) is 11.1 Å². The van der Waals surface area contributed by atoms with Crippen molar-refractivity contribution in [1.82, 2.24) is 0 Å². The van der Waals surface area contributed by atoms with E-state index in [4.69, 9.17) is 0 Å². The number of aromatic hydroxyl groups is 3. The van der Waals surface area contributed by atoms with Crippen LogP contribution in [0.15, 0.2) is 42.5 Å². The van der Waals surface area contributed by atoms with Crippen molar-refractivity contribution in [3.63, 3.8) is 0 Å². The second-order valence-electron chi connectivity index (χ2n) is 5.72. The second kappa shape index (κ2) is 5.43. The van der Waals surface area contributed by atoms with E-state index in [2.05, 4.69) is 26.2 Å². The fraction of sp³-hybridized carbons (Fsp3) is 0.250. The van der Waals surface area contributed by atoms with Gasteiger partial charge in [0.2, 0.25) is 0 Å². The summed E-state index contributed by atoms with van der Waals surface area (Å²) in [6.45, 7) is 1.47. The molecule has 0 aromatic heterocycles. The van der Waals surface area contributed by atoms with Gasteiger partial charge >= 0.3 is 0 Å². The Morgan fingerprint density at radius 1 is 0.800 bits per heavy atom. The molecule has 2 aromatic rings. The fourth-order valence-corrected chi connectivity index (χ4v) is 2.38. The fourth-order valence-electron chi connectivity index (χ4n) is 2.38. The lowest BCUT2D eigenvalue weighted by atomic mass is 10.1. The topological polar surface area (TPSA) is 60.7 Å². The SMILES string of the molecule is C[N+](C)(Cc1ccccc1)Cc1cc(O)c(O)c(O)c1. The molecule has 0 aliphatic carbocycles. The summed E-state index contributed by atoms with van der Waals surface area (Å²) in [7, 11) is 4.15. The molecule has 0 spiro atoms. The maximum absolute atomic E-state index is 9.55. The van der Waals surface area contributed by atoms with Crippen LogP contribution < -0.4 is 0 Å². The molecule has 20 heavy (non-hydrogen) atoms. The minimum Gasteiger partial charge on any atom is -0.504 e. The average molecular weight is 274 g/mol. The van der Waals surface area contributed by atoms with Gasteiger partial charge in [0, 0.05) is 11.1 Å². The van der Waals surface area contributed by atoms with E-state index in [1.54, 1.807) is 0 Å². The molecule has 106 valence electrons.